The van der Waals surface area contributed by atoms with Gasteiger partial charge < -0.3 is 9.15 Å². The fraction of sp³-hybridized carbons (Fsp3) is 0.429. The lowest BCUT2D eigenvalue weighted by atomic mass is 10.2. The van der Waals surface area contributed by atoms with Crippen molar-refractivity contribution in [2.24, 2.45) is 0 Å². The van der Waals surface area contributed by atoms with E-state index in [9.17, 15) is 12.8 Å². The van der Waals surface area contributed by atoms with Crippen molar-refractivity contribution in [3.8, 4) is 0 Å². The van der Waals surface area contributed by atoms with Crippen LogP contribution in [0.15, 0.2) is 27.5 Å². The van der Waals surface area contributed by atoms with Crippen LogP contribution in [0.3, 0.4) is 0 Å². The molecular weight excluding hydrogens is 325 g/mol. The van der Waals surface area contributed by atoms with Crippen LogP contribution in [-0.4, -0.2) is 42.7 Å². The van der Waals surface area contributed by atoms with Gasteiger partial charge in [-0.15, -0.1) is 10.2 Å². The van der Waals surface area contributed by atoms with Gasteiger partial charge in [0.2, 0.25) is 21.8 Å². The number of aryl methyl sites for hydroxylation is 2. The van der Waals surface area contributed by atoms with E-state index < -0.39 is 21.9 Å². The molecule has 0 amide bonds. The molecule has 0 N–H and O–H groups in total. The molecule has 0 bridgehead atoms. The summed E-state index contributed by atoms with van der Waals surface area (Å²) in [6, 6.07) is 3.52. The second-order valence-corrected chi connectivity index (χ2v) is 7.11. The van der Waals surface area contributed by atoms with Gasteiger partial charge in [0, 0.05) is 13.5 Å². The Kier molecular flexibility index (Phi) is 4.17. The Bertz CT molecular complexity index is 821. The number of hydrogen-bond donors (Lipinski definition) is 0. The molecular formula is C14H16FN3O4S. The summed E-state index contributed by atoms with van der Waals surface area (Å²) >= 11 is 0. The Morgan fingerprint density at radius 1 is 1.30 bits per heavy atom. The molecule has 0 radical (unpaired) electrons. The van der Waals surface area contributed by atoms with Crippen molar-refractivity contribution in [2.45, 2.75) is 24.8 Å². The lowest BCUT2D eigenvalue weighted by molar-refractivity contribution is 0.0220. The van der Waals surface area contributed by atoms with Crippen molar-refractivity contribution in [3.63, 3.8) is 0 Å². The number of halogens is 1. The Hall–Kier alpha value is -1.84. The molecule has 7 nitrogen and oxygen atoms in total. The maximum absolute atomic E-state index is 14.3. The van der Waals surface area contributed by atoms with Gasteiger partial charge in [0.25, 0.3) is 0 Å². The van der Waals surface area contributed by atoms with E-state index >= 15 is 0 Å². The van der Waals surface area contributed by atoms with E-state index in [2.05, 4.69) is 10.2 Å². The van der Waals surface area contributed by atoms with E-state index in [0.717, 1.165) is 4.31 Å². The Balaban J connectivity index is 2.04. The van der Waals surface area contributed by atoms with Crippen molar-refractivity contribution in [3.05, 3.63) is 41.4 Å². The number of aromatic nitrogens is 2. The minimum absolute atomic E-state index is 0.0777. The van der Waals surface area contributed by atoms with Gasteiger partial charge in [0.15, 0.2) is 0 Å². The first-order valence-electron chi connectivity index (χ1n) is 7.06. The number of hydrogen-bond acceptors (Lipinski definition) is 6. The maximum Gasteiger partial charge on any atom is 0.246 e. The fourth-order valence-electron chi connectivity index (χ4n) is 2.46. The van der Waals surface area contributed by atoms with E-state index in [-0.39, 0.29) is 36.1 Å². The first-order valence-corrected chi connectivity index (χ1v) is 8.50. The molecule has 2 aromatic rings. The first-order chi connectivity index (χ1) is 10.9. The monoisotopic (exact) mass is 341 g/mol. The van der Waals surface area contributed by atoms with Gasteiger partial charge in [-0.3, -0.25) is 0 Å². The molecule has 1 aromatic carbocycles. The fourth-order valence-corrected chi connectivity index (χ4v) is 4.15. The molecule has 0 saturated carbocycles. The van der Waals surface area contributed by atoms with Crippen LogP contribution in [0.25, 0.3) is 0 Å². The molecule has 1 fully saturated rings. The van der Waals surface area contributed by atoms with Gasteiger partial charge in [0.05, 0.1) is 13.2 Å². The Morgan fingerprint density at radius 2 is 2.09 bits per heavy atom. The summed E-state index contributed by atoms with van der Waals surface area (Å²) in [5.41, 5.74) is 0.268. The van der Waals surface area contributed by atoms with Crippen molar-refractivity contribution in [2.75, 3.05) is 19.8 Å². The summed E-state index contributed by atoms with van der Waals surface area (Å²) < 4.78 is 51.9. The van der Waals surface area contributed by atoms with Crippen molar-refractivity contribution >= 4 is 10.0 Å². The number of nitrogens with zero attached hydrogens (tertiary/aromatic N) is 3. The highest BCUT2D eigenvalue weighted by Crippen LogP contribution is 2.31. The van der Waals surface area contributed by atoms with Crippen LogP contribution in [0.5, 0.6) is 0 Å². The molecule has 124 valence electrons. The number of ether oxygens (including phenoxy) is 1. The van der Waals surface area contributed by atoms with Crippen LogP contribution in [0, 0.1) is 19.7 Å². The van der Waals surface area contributed by atoms with E-state index in [0.29, 0.717) is 5.89 Å². The maximum atomic E-state index is 14.3. The molecule has 1 atom stereocenters. The van der Waals surface area contributed by atoms with E-state index in [1.54, 1.807) is 6.92 Å². The third-order valence-electron chi connectivity index (χ3n) is 3.65. The minimum atomic E-state index is -4.05. The van der Waals surface area contributed by atoms with Gasteiger partial charge in [0.1, 0.15) is 16.8 Å². The second-order valence-electron chi connectivity index (χ2n) is 5.25. The molecule has 1 aliphatic rings. The quantitative estimate of drug-likeness (QED) is 0.843. The Morgan fingerprint density at radius 3 is 2.78 bits per heavy atom. The summed E-state index contributed by atoms with van der Waals surface area (Å²) in [6.45, 7) is 3.51. The highest BCUT2D eigenvalue weighted by Gasteiger charge is 2.39. The highest BCUT2D eigenvalue weighted by molar-refractivity contribution is 7.89. The predicted molar refractivity (Wildman–Crippen MR) is 77.6 cm³/mol. The van der Waals surface area contributed by atoms with Crippen molar-refractivity contribution < 1.29 is 22.0 Å². The van der Waals surface area contributed by atoms with Crippen molar-refractivity contribution in [1.29, 1.82) is 0 Å². The number of benzene rings is 1. The third kappa shape index (κ3) is 2.87. The van der Waals surface area contributed by atoms with Gasteiger partial charge >= 0.3 is 0 Å². The molecule has 9 heteroatoms. The SMILES string of the molecule is Cc1nnc(C2COCCN2S(=O)(=O)c2cccc(C)c2F)o1. The summed E-state index contributed by atoms with van der Waals surface area (Å²) in [5, 5.41) is 7.59. The summed E-state index contributed by atoms with van der Waals surface area (Å²) in [6.07, 6.45) is 0. The van der Waals surface area contributed by atoms with Crippen LogP contribution in [0.1, 0.15) is 23.4 Å². The lowest BCUT2D eigenvalue weighted by Gasteiger charge is -2.32. The van der Waals surface area contributed by atoms with Crippen LogP contribution in [-0.2, 0) is 14.8 Å². The third-order valence-corrected chi connectivity index (χ3v) is 5.57. The first kappa shape index (κ1) is 16.0. The zero-order valence-electron chi connectivity index (χ0n) is 12.7. The average molecular weight is 341 g/mol. The van der Waals surface area contributed by atoms with E-state index in [1.807, 2.05) is 0 Å². The molecule has 0 spiro atoms. The van der Waals surface area contributed by atoms with E-state index in [1.165, 1.54) is 25.1 Å². The van der Waals surface area contributed by atoms with Crippen LogP contribution < -0.4 is 0 Å². The normalized spacial score (nSPS) is 19.9. The molecule has 0 aliphatic carbocycles. The molecule has 1 aliphatic heterocycles. The average Bonchev–Trinajstić information content (AvgIpc) is 2.96. The number of rotatable bonds is 3. The molecule has 1 aromatic heterocycles. The number of morpholine rings is 1. The van der Waals surface area contributed by atoms with Gasteiger partial charge in [-0.25, -0.2) is 12.8 Å². The van der Waals surface area contributed by atoms with Crippen LogP contribution in [0.2, 0.25) is 0 Å². The molecule has 2 heterocycles. The van der Waals surface area contributed by atoms with Gasteiger partial charge in [-0.05, 0) is 18.6 Å². The largest absolute Gasteiger partial charge is 0.424 e. The minimum Gasteiger partial charge on any atom is -0.424 e. The van der Waals surface area contributed by atoms with Crippen LogP contribution >= 0.6 is 0 Å². The van der Waals surface area contributed by atoms with E-state index in [4.69, 9.17) is 9.15 Å². The Labute approximate surface area is 133 Å². The van der Waals surface area contributed by atoms with Crippen molar-refractivity contribution in [1.82, 2.24) is 14.5 Å². The summed E-state index contributed by atoms with van der Waals surface area (Å²) in [7, 11) is -4.05. The number of sulfonamides is 1. The standard InChI is InChI=1S/C14H16FN3O4S/c1-9-4-3-5-12(13(9)15)23(19,20)18-6-7-21-8-11(18)14-17-16-10(2)22-14/h3-5,11H,6-8H2,1-2H3. The smallest absolute Gasteiger partial charge is 0.246 e. The molecule has 1 saturated heterocycles. The second kappa shape index (κ2) is 5.99. The zero-order valence-corrected chi connectivity index (χ0v) is 13.5. The molecule has 23 heavy (non-hydrogen) atoms. The predicted octanol–water partition coefficient (Wildman–Crippen LogP) is 1.59. The van der Waals surface area contributed by atoms with Gasteiger partial charge in [-0.1, -0.05) is 12.1 Å². The summed E-state index contributed by atoms with van der Waals surface area (Å²) in [4.78, 5) is -0.361. The lowest BCUT2D eigenvalue weighted by Crippen LogP contribution is -2.43. The van der Waals surface area contributed by atoms with Crippen LogP contribution in [0.4, 0.5) is 4.39 Å². The zero-order chi connectivity index (χ0) is 16.6. The highest BCUT2D eigenvalue weighted by atomic mass is 32.2. The topological polar surface area (TPSA) is 85.5 Å². The van der Waals surface area contributed by atoms with Gasteiger partial charge in [-0.2, -0.15) is 4.31 Å². The molecule has 1 unspecified atom stereocenters. The summed E-state index contributed by atoms with van der Waals surface area (Å²) in [5.74, 6) is -0.289. The molecule has 3 rings (SSSR count).